The quantitative estimate of drug-likeness (QED) is 0.853. The van der Waals surface area contributed by atoms with E-state index in [0.29, 0.717) is 0 Å². The van der Waals surface area contributed by atoms with E-state index in [0.717, 1.165) is 54.8 Å². The number of piperidine rings is 1. The summed E-state index contributed by atoms with van der Waals surface area (Å²) in [6, 6.07) is 3.87. The van der Waals surface area contributed by atoms with Crippen LogP contribution in [-0.4, -0.2) is 46.3 Å². The van der Waals surface area contributed by atoms with E-state index in [4.69, 9.17) is 0 Å². The number of carbonyl (C=O) groups excluding carboxylic acids is 1. The van der Waals surface area contributed by atoms with E-state index in [1.54, 1.807) is 0 Å². The molecule has 1 amide bonds. The second-order valence-corrected chi connectivity index (χ2v) is 8.32. The Bertz CT molecular complexity index is 479. The van der Waals surface area contributed by atoms with Gasteiger partial charge < -0.3 is 4.90 Å². The highest BCUT2D eigenvalue weighted by atomic mass is 32.2. The molecular formula is C14H18N2OS3. The summed E-state index contributed by atoms with van der Waals surface area (Å²) in [4.78, 5) is 19.6. The highest BCUT2D eigenvalue weighted by Gasteiger charge is 2.24. The molecule has 0 aliphatic carbocycles. The molecule has 0 unspecified atom stereocenters. The molecule has 6 heteroatoms. The molecule has 3 rings (SSSR count). The third-order valence-electron chi connectivity index (χ3n) is 3.63. The van der Waals surface area contributed by atoms with Crippen LogP contribution < -0.4 is 0 Å². The zero-order chi connectivity index (χ0) is 13.8. The molecule has 0 N–H and O–H groups in total. The molecule has 108 valence electrons. The van der Waals surface area contributed by atoms with Crippen molar-refractivity contribution in [3.05, 3.63) is 22.4 Å². The second kappa shape index (κ2) is 7.00. The van der Waals surface area contributed by atoms with Gasteiger partial charge in [0.2, 0.25) is 0 Å². The van der Waals surface area contributed by atoms with Crippen molar-refractivity contribution >= 4 is 45.1 Å². The lowest BCUT2D eigenvalue weighted by Gasteiger charge is -2.31. The fourth-order valence-corrected chi connectivity index (χ4v) is 5.36. The van der Waals surface area contributed by atoms with Crippen molar-refractivity contribution in [3.63, 3.8) is 0 Å². The number of carbonyl (C=O) groups is 1. The lowest BCUT2D eigenvalue weighted by molar-refractivity contribution is 0.0703. The van der Waals surface area contributed by atoms with Crippen molar-refractivity contribution in [1.29, 1.82) is 0 Å². The zero-order valence-electron chi connectivity index (χ0n) is 11.3. The van der Waals surface area contributed by atoms with Crippen LogP contribution in [0, 0.1) is 5.92 Å². The Morgan fingerprint density at radius 2 is 2.30 bits per heavy atom. The van der Waals surface area contributed by atoms with E-state index in [-0.39, 0.29) is 5.91 Å². The number of thiophene rings is 1. The van der Waals surface area contributed by atoms with Crippen LogP contribution in [0.4, 0.5) is 0 Å². The van der Waals surface area contributed by atoms with Gasteiger partial charge in [-0.2, -0.15) is 0 Å². The SMILES string of the molecule is O=C(c1cccs1)N1CCC(CSC2=NCCS2)CC1. The van der Waals surface area contributed by atoms with Gasteiger partial charge in [0.25, 0.3) is 5.91 Å². The van der Waals surface area contributed by atoms with Gasteiger partial charge in [-0.05, 0) is 30.2 Å². The van der Waals surface area contributed by atoms with E-state index in [1.165, 1.54) is 15.7 Å². The Labute approximate surface area is 132 Å². The molecule has 2 aliphatic rings. The van der Waals surface area contributed by atoms with Crippen molar-refractivity contribution in [2.24, 2.45) is 10.9 Å². The maximum absolute atomic E-state index is 12.2. The van der Waals surface area contributed by atoms with Gasteiger partial charge in [-0.3, -0.25) is 9.79 Å². The molecular weight excluding hydrogens is 308 g/mol. The van der Waals surface area contributed by atoms with Gasteiger partial charge in [0.15, 0.2) is 0 Å². The second-order valence-electron chi connectivity index (χ2n) is 5.02. The maximum atomic E-state index is 12.2. The monoisotopic (exact) mass is 326 g/mol. The van der Waals surface area contributed by atoms with Crippen LogP contribution >= 0.6 is 34.9 Å². The molecule has 0 aromatic carbocycles. The number of thioether (sulfide) groups is 2. The summed E-state index contributed by atoms with van der Waals surface area (Å²) >= 11 is 5.33. The summed E-state index contributed by atoms with van der Waals surface area (Å²) in [5.74, 6) is 3.25. The summed E-state index contributed by atoms with van der Waals surface area (Å²) in [5.41, 5.74) is 0. The lowest BCUT2D eigenvalue weighted by Crippen LogP contribution is -2.38. The van der Waals surface area contributed by atoms with Crippen LogP contribution in [0.2, 0.25) is 0 Å². The summed E-state index contributed by atoms with van der Waals surface area (Å²) in [6.07, 6.45) is 2.25. The van der Waals surface area contributed by atoms with E-state index in [2.05, 4.69) is 4.99 Å². The maximum Gasteiger partial charge on any atom is 0.263 e. The number of aliphatic imine (C=N–C) groups is 1. The van der Waals surface area contributed by atoms with Gasteiger partial charge in [0.1, 0.15) is 4.38 Å². The summed E-state index contributed by atoms with van der Waals surface area (Å²) < 4.78 is 1.27. The molecule has 1 fully saturated rings. The van der Waals surface area contributed by atoms with E-state index < -0.39 is 0 Å². The minimum atomic E-state index is 0.210. The van der Waals surface area contributed by atoms with Gasteiger partial charge in [-0.15, -0.1) is 11.3 Å². The first-order valence-corrected chi connectivity index (χ1v) is 9.81. The molecule has 0 radical (unpaired) electrons. The number of rotatable bonds is 3. The summed E-state index contributed by atoms with van der Waals surface area (Å²) in [7, 11) is 0. The Morgan fingerprint density at radius 3 is 2.95 bits per heavy atom. The summed E-state index contributed by atoms with van der Waals surface area (Å²) in [5, 5.41) is 1.97. The van der Waals surface area contributed by atoms with Gasteiger partial charge in [-0.25, -0.2) is 0 Å². The minimum Gasteiger partial charge on any atom is -0.338 e. The zero-order valence-corrected chi connectivity index (χ0v) is 13.7. The average Bonchev–Trinajstić information content (AvgIpc) is 3.18. The molecule has 3 nitrogen and oxygen atoms in total. The summed E-state index contributed by atoms with van der Waals surface area (Å²) in [6.45, 7) is 2.80. The van der Waals surface area contributed by atoms with E-state index in [1.807, 2.05) is 45.9 Å². The number of hydrogen-bond acceptors (Lipinski definition) is 5. The van der Waals surface area contributed by atoms with Crippen LogP contribution in [0.1, 0.15) is 22.5 Å². The number of likely N-dealkylation sites (tertiary alicyclic amines) is 1. The normalized spacial score (nSPS) is 20.2. The van der Waals surface area contributed by atoms with Crippen LogP contribution in [0.15, 0.2) is 22.5 Å². The molecule has 2 aliphatic heterocycles. The smallest absolute Gasteiger partial charge is 0.263 e. The fourth-order valence-electron chi connectivity index (χ4n) is 2.45. The largest absolute Gasteiger partial charge is 0.338 e. The Hall–Kier alpha value is -0.460. The molecule has 0 spiro atoms. The molecule has 0 atom stereocenters. The Balaban J connectivity index is 1.43. The van der Waals surface area contributed by atoms with Crippen LogP contribution in [0.5, 0.6) is 0 Å². The van der Waals surface area contributed by atoms with Crippen molar-refractivity contribution in [2.75, 3.05) is 31.1 Å². The molecule has 1 aromatic rings. The Kier molecular flexibility index (Phi) is 5.07. The third-order valence-corrected chi connectivity index (χ3v) is 6.98. The van der Waals surface area contributed by atoms with E-state index >= 15 is 0 Å². The highest BCUT2D eigenvalue weighted by Crippen LogP contribution is 2.28. The molecule has 0 saturated carbocycles. The van der Waals surface area contributed by atoms with Gasteiger partial charge >= 0.3 is 0 Å². The number of nitrogens with zero attached hydrogens (tertiary/aromatic N) is 2. The van der Waals surface area contributed by atoms with Crippen LogP contribution in [0.3, 0.4) is 0 Å². The molecule has 20 heavy (non-hydrogen) atoms. The predicted octanol–water partition coefficient (Wildman–Crippen LogP) is 3.44. The topological polar surface area (TPSA) is 32.7 Å². The number of amides is 1. The standard InChI is InChI=1S/C14H18N2OS3/c17-13(12-2-1-8-18-12)16-6-3-11(4-7-16)10-20-14-15-5-9-19-14/h1-2,8,11H,3-7,9-10H2. The third kappa shape index (κ3) is 3.59. The van der Waals surface area contributed by atoms with Crippen molar-refractivity contribution < 1.29 is 4.79 Å². The Morgan fingerprint density at radius 1 is 1.45 bits per heavy atom. The first kappa shape index (κ1) is 14.5. The first-order valence-electron chi connectivity index (χ1n) is 6.96. The lowest BCUT2D eigenvalue weighted by atomic mass is 9.99. The van der Waals surface area contributed by atoms with Gasteiger partial charge in [0.05, 0.1) is 11.4 Å². The van der Waals surface area contributed by atoms with Gasteiger partial charge in [-0.1, -0.05) is 29.6 Å². The van der Waals surface area contributed by atoms with Gasteiger partial charge in [0, 0.05) is 24.6 Å². The fraction of sp³-hybridized carbons (Fsp3) is 0.571. The van der Waals surface area contributed by atoms with E-state index in [9.17, 15) is 4.79 Å². The first-order chi connectivity index (χ1) is 9.83. The molecule has 1 saturated heterocycles. The van der Waals surface area contributed by atoms with Crippen molar-refractivity contribution in [1.82, 2.24) is 4.90 Å². The molecule has 1 aromatic heterocycles. The van der Waals surface area contributed by atoms with Crippen LogP contribution in [0.25, 0.3) is 0 Å². The van der Waals surface area contributed by atoms with Crippen molar-refractivity contribution in [2.45, 2.75) is 12.8 Å². The van der Waals surface area contributed by atoms with Crippen molar-refractivity contribution in [3.8, 4) is 0 Å². The minimum absolute atomic E-state index is 0.210. The highest BCUT2D eigenvalue weighted by molar-refractivity contribution is 8.39. The average molecular weight is 327 g/mol. The number of hydrogen-bond donors (Lipinski definition) is 0. The predicted molar refractivity (Wildman–Crippen MR) is 90.2 cm³/mol. The van der Waals surface area contributed by atoms with Crippen LogP contribution in [-0.2, 0) is 0 Å². The molecule has 0 bridgehead atoms. The molecule has 3 heterocycles.